The Morgan fingerprint density at radius 2 is 2.06 bits per heavy atom. The van der Waals surface area contributed by atoms with E-state index in [0.29, 0.717) is 12.5 Å². The van der Waals surface area contributed by atoms with Crippen LogP contribution in [0, 0.1) is 5.92 Å². The zero-order valence-electron chi connectivity index (χ0n) is 9.98. The number of aromatic nitrogens is 2. The normalized spacial score (nSPS) is 16.7. The second-order valence-corrected chi connectivity index (χ2v) is 4.35. The van der Waals surface area contributed by atoms with Crippen LogP contribution >= 0.6 is 0 Å². The van der Waals surface area contributed by atoms with E-state index in [2.05, 4.69) is 15.3 Å². The van der Waals surface area contributed by atoms with Crippen molar-refractivity contribution in [2.24, 2.45) is 5.92 Å². The van der Waals surface area contributed by atoms with E-state index in [-0.39, 0.29) is 11.7 Å². The van der Waals surface area contributed by atoms with Crippen LogP contribution in [-0.2, 0) is 4.74 Å². The molecule has 0 saturated carbocycles. The topological polar surface area (TPSA) is 64.1 Å². The summed E-state index contributed by atoms with van der Waals surface area (Å²) in [6.07, 6.45) is 5.32. The van der Waals surface area contributed by atoms with Gasteiger partial charge < -0.3 is 10.1 Å². The van der Waals surface area contributed by atoms with Crippen molar-refractivity contribution in [1.82, 2.24) is 15.3 Å². The van der Waals surface area contributed by atoms with Crippen molar-refractivity contribution in [1.29, 1.82) is 0 Å². The van der Waals surface area contributed by atoms with Gasteiger partial charge in [0.15, 0.2) is 0 Å². The molecule has 0 unspecified atom stereocenters. The van der Waals surface area contributed by atoms with Crippen LogP contribution in [0.2, 0.25) is 0 Å². The van der Waals surface area contributed by atoms with Gasteiger partial charge in [0.1, 0.15) is 7.85 Å². The van der Waals surface area contributed by atoms with Gasteiger partial charge in [-0.25, -0.2) is 9.97 Å². The molecule has 0 bridgehead atoms. The molecular formula is C11H16BN3O2. The molecule has 1 aliphatic heterocycles. The first-order valence-electron chi connectivity index (χ1n) is 5.90. The van der Waals surface area contributed by atoms with Gasteiger partial charge in [0.05, 0.1) is 0 Å². The summed E-state index contributed by atoms with van der Waals surface area (Å²) >= 11 is 0. The van der Waals surface area contributed by atoms with Crippen molar-refractivity contribution < 1.29 is 9.53 Å². The van der Waals surface area contributed by atoms with Crippen molar-refractivity contribution in [2.75, 3.05) is 19.8 Å². The van der Waals surface area contributed by atoms with Crippen molar-refractivity contribution in [3.63, 3.8) is 0 Å². The maximum atomic E-state index is 11.7. The SMILES string of the molecule is Bc1cnc(C(=O)NCC2CCOCC2)nc1. The predicted molar refractivity (Wildman–Crippen MR) is 66.1 cm³/mol. The smallest absolute Gasteiger partial charge is 0.289 e. The second-order valence-electron chi connectivity index (χ2n) is 4.35. The Morgan fingerprint density at radius 3 is 2.71 bits per heavy atom. The molecule has 0 radical (unpaired) electrons. The fourth-order valence-electron chi connectivity index (χ4n) is 1.78. The molecule has 0 atom stereocenters. The first kappa shape index (κ1) is 12.0. The third-order valence-corrected chi connectivity index (χ3v) is 2.88. The Bertz CT molecular complexity index is 377. The molecule has 1 aromatic heterocycles. The highest BCUT2D eigenvalue weighted by molar-refractivity contribution is 6.31. The van der Waals surface area contributed by atoms with Gasteiger partial charge >= 0.3 is 0 Å². The molecule has 0 aromatic carbocycles. The molecule has 2 heterocycles. The highest BCUT2D eigenvalue weighted by Gasteiger charge is 2.16. The molecule has 1 fully saturated rings. The minimum atomic E-state index is -0.198. The number of nitrogens with one attached hydrogen (secondary N) is 1. The number of amides is 1. The van der Waals surface area contributed by atoms with Gasteiger partial charge in [-0.15, -0.1) is 0 Å². The van der Waals surface area contributed by atoms with E-state index in [9.17, 15) is 4.79 Å². The summed E-state index contributed by atoms with van der Waals surface area (Å²) in [5.74, 6) is 0.553. The first-order valence-corrected chi connectivity index (χ1v) is 5.90. The van der Waals surface area contributed by atoms with Crippen LogP contribution in [0.15, 0.2) is 12.4 Å². The van der Waals surface area contributed by atoms with E-state index < -0.39 is 0 Å². The summed E-state index contributed by atoms with van der Waals surface area (Å²) in [4.78, 5) is 19.7. The molecule has 5 nitrogen and oxygen atoms in total. The van der Waals surface area contributed by atoms with Gasteiger partial charge in [-0.1, -0.05) is 5.46 Å². The predicted octanol–water partition coefficient (Wildman–Crippen LogP) is -1.11. The molecule has 17 heavy (non-hydrogen) atoms. The number of rotatable bonds is 3. The maximum absolute atomic E-state index is 11.7. The molecule has 0 aliphatic carbocycles. The van der Waals surface area contributed by atoms with Crippen LogP contribution < -0.4 is 10.8 Å². The lowest BCUT2D eigenvalue weighted by Crippen LogP contribution is -2.33. The average molecular weight is 233 g/mol. The molecule has 6 heteroatoms. The lowest BCUT2D eigenvalue weighted by atomic mass is 10.0. The molecule has 1 saturated heterocycles. The fourth-order valence-corrected chi connectivity index (χ4v) is 1.78. The Labute approximate surface area is 101 Å². The van der Waals surface area contributed by atoms with E-state index >= 15 is 0 Å². The van der Waals surface area contributed by atoms with Gasteiger partial charge in [-0.2, -0.15) is 0 Å². The van der Waals surface area contributed by atoms with Crippen LogP contribution in [0.4, 0.5) is 0 Å². The Kier molecular flexibility index (Phi) is 4.09. The Balaban J connectivity index is 1.82. The van der Waals surface area contributed by atoms with E-state index in [1.807, 2.05) is 7.85 Å². The highest BCUT2D eigenvalue weighted by atomic mass is 16.5. The zero-order chi connectivity index (χ0) is 12.1. The number of carbonyl (C=O) groups is 1. The quantitative estimate of drug-likeness (QED) is 0.672. The summed E-state index contributed by atoms with van der Waals surface area (Å²) in [6, 6.07) is 0. The summed E-state index contributed by atoms with van der Waals surface area (Å²) in [5, 5.41) is 2.87. The summed E-state index contributed by atoms with van der Waals surface area (Å²) in [5.41, 5.74) is 0.950. The van der Waals surface area contributed by atoms with Gasteiger partial charge in [-0.05, 0) is 18.8 Å². The van der Waals surface area contributed by atoms with E-state index in [4.69, 9.17) is 4.74 Å². The fraction of sp³-hybridized carbons (Fsp3) is 0.545. The summed E-state index contributed by atoms with van der Waals surface area (Å²) < 4.78 is 5.27. The van der Waals surface area contributed by atoms with Crippen LogP contribution in [0.3, 0.4) is 0 Å². The minimum absolute atomic E-state index is 0.198. The van der Waals surface area contributed by atoms with E-state index in [1.54, 1.807) is 12.4 Å². The molecule has 1 N–H and O–H groups in total. The highest BCUT2D eigenvalue weighted by Crippen LogP contribution is 2.13. The molecule has 2 rings (SSSR count). The van der Waals surface area contributed by atoms with Crippen molar-refractivity contribution in [2.45, 2.75) is 12.8 Å². The average Bonchev–Trinajstić information content (AvgIpc) is 2.38. The standard InChI is InChI=1S/C11H16BN3O2/c12-9-6-13-10(14-7-9)11(16)15-5-8-1-3-17-4-2-8/h6-8H,1-5,12H2,(H,15,16). The number of carbonyl (C=O) groups excluding carboxylic acids is 1. The summed E-state index contributed by atoms with van der Waals surface area (Å²) in [7, 11) is 1.89. The van der Waals surface area contributed by atoms with E-state index in [1.165, 1.54) is 0 Å². The largest absolute Gasteiger partial charge is 0.381 e. The third kappa shape index (κ3) is 3.52. The zero-order valence-corrected chi connectivity index (χ0v) is 9.98. The maximum Gasteiger partial charge on any atom is 0.289 e. The Morgan fingerprint density at radius 1 is 1.41 bits per heavy atom. The molecule has 1 aliphatic rings. The molecular weight excluding hydrogens is 217 g/mol. The lowest BCUT2D eigenvalue weighted by molar-refractivity contribution is 0.0641. The monoisotopic (exact) mass is 233 g/mol. The van der Waals surface area contributed by atoms with Gasteiger partial charge in [0.25, 0.3) is 5.91 Å². The molecule has 1 amide bonds. The first-order chi connectivity index (χ1) is 8.25. The van der Waals surface area contributed by atoms with Gasteiger partial charge in [-0.3, -0.25) is 4.79 Å². The number of hydrogen-bond acceptors (Lipinski definition) is 4. The van der Waals surface area contributed by atoms with Gasteiger partial charge in [0, 0.05) is 32.2 Å². The van der Waals surface area contributed by atoms with Crippen LogP contribution in [0.5, 0.6) is 0 Å². The summed E-state index contributed by atoms with van der Waals surface area (Å²) in [6.45, 7) is 2.27. The number of nitrogens with zero attached hydrogens (tertiary/aromatic N) is 2. The van der Waals surface area contributed by atoms with Crippen LogP contribution in [-0.4, -0.2) is 43.5 Å². The van der Waals surface area contributed by atoms with Crippen LogP contribution in [0.1, 0.15) is 23.5 Å². The van der Waals surface area contributed by atoms with Crippen molar-refractivity contribution in [3.05, 3.63) is 18.2 Å². The van der Waals surface area contributed by atoms with Gasteiger partial charge in [0.2, 0.25) is 5.82 Å². The molecule has 0 spiro atoms. The minimum Gasteiger partial charge on any atom is -0.381 e. The van der Waals surface area contributed by atoms with Crippen molar-refractivity contribution >= 4 is 19.2 Å². The third-order valence-electron chi connectivity index (χ3n) is 2.88. The molecule has 90 valence electrons. The number of ether oxygens (including phenoxy) is 1. The molecule has 1 aromatic rings. The number of hydrogen-bond donors (Lipinski definition) is 1. The van der Waals surface area contributed by atoms with Crippen LogP contribution in [0.25, 0.3) is 0 Å². The second kappa shape index (κ2) is 5.77. The Hall–Kier alpha value is -1.43. The van der Waals surface area contributed by atoms with Crippen molar-refractivity contribution in [3.8, 4) is 0 Å². The lowest BCUT2D eigenvalue weighted by Gasteiger charge is -2.21. The van der Waals surface area contributed by atoms with E-state index in [0.717, 1.165) is 31.5 Å².